The second-order valence-electron chi connectivity index (χ2n) is 4.91. The van der Waals surface area contributed by atoms with Crippen LogP contribution in [-0.2, 0) is 16.1 Å². The molecule has 110 valence electrons. The molecule has 0 aromatic carbocycles. The Labute approximate surface area is 124 Å². The molecule has 1 aromatic rings. The minimum Gasteiger partial charge on any atom is -0.469 e. The first kappa shape index (κ1) is 15.2. The molecular formula is C14H20ClN3O2. The molecule has 1 aliphatic heterocycles. The Kier molecular flexibility index (Phi) is 5.76. The molecule has 0 N–H and O–H groups in total. The van der Waals surface area contributed by atoms with Crippen LogP contribution in [0.3, 0.4) is 0 Å². The highest BCUT2D eigenvalue weighted by Gasteiger charge is 2.18. The number of carbonyl (C=O) groups excluding carboxylic acids is 1. The predicted molar refractivity (Wildman–Crippen MR) is 77.6 cm³/mol. The minimum atomic E-state index is -0.143. The summed E-state index contributed by atoms with van der Waals surface area (Å²) >= 11 is 5.96. The first-order valence-corrected chi connectivity index (χ1v) is 7.17. The number of halogens is 1. The van der Waals surface area contributed by atoms with E-state index >= 15 is 0 Å². The second kappa shape index (κ2) is 7.57. The Morgan fingerprint density at radius 1 is 1.35 bits per heavy atom. The molecule has 0 atom stereocenters. The Balaban J connectivity index is 1.73. The molecule has 1 aliphatic rings. The summed E-state index contributed by atoms with van der Waals surface area (Å²) in [5, 5.41) is 0.728. The first-order valence-electron chi connectivity index (χ1n) is 6.79. The Morgan fingerprint density at radius 3 is 2.70 bits per heavy atom. The van der Waals surface area contributed by atoms with Gasteiger partial charge in [0.05, 0.1) is 19.2 Å². The van der Waals surface area contributed by atoms with Gasteiger partial charge in [-0.3, -0.25) is 14.7 Å². The third-order valence-corrected chi connectivity index (χ3v) is 3.72. The number of aromatic nitrogens is 1. The van der Waals surface area contributed by atoms with Gasteiger partial charge >= 0.3 is 5.97 Å². The van der Waals surface area contributed by atoms with Gasteiger partial charge in [-0.25, -0.2) is 0 Å². The number of esters is 1. The van der Waals surface area contributed by atoms with Crippen LogP contribution in [-0.4, -0.2) is 60.6 Å². The highest BCUT2D eigenvalue weighted by molar-refractivity contribution is 6.30. The van der Waals surface area contributed by atoms with Crippen LogP contribution in [0.2, 0.25) is 5.02 Å². The zero-order valence-corrected chi connectivity index (χ0v) is 12.5. The number of piperazine rings is 1. The van der Waals surface area contributed by atoms with E-state index in [2.05, 4.69) is 19.5 Å². The third kappa shape index (κ3) is 4.74. The van der Waals surface area contributed by atoms with Crippen LogP contribution in [0.4, 0.5) is 0 Å². The van der Waals surface area contributed by atoms with Gasteiger partial charge in [-0.1, -0.05) is 11.6 Å². The molecular weight excluding hydrogens is 278 g/mol. The quantitative estimate of drug-likeness (QED) is 0.769. The normalized spacial score (nSPS) is 17.1. The Morgan fingerprint density at radius 2 is 2.05 bits per heavy atom. The number of carbonyl (C=O) groups is 1. The lowest BCUT2D eigenvalue weighted by atomic mass is 10.2. The van der Waals surface area contributed by atoms with Gasteiger partial charge in [0.25, 0.3) is 0 Å². The van der Waals surface area contributed by atoms with Crippen molar-refractivity contribution in [2.75, 3.05) is 39.8 Å². The maximum Gasteiger partial charge on any atom is 0.306 e. The molecule has 0 radical (unpaired) electrons. The Bertz CT molecular complexity index is 448. The molecule has 20 heavy (non-hydrogen) atoms. The summed E-state index contributed by atoms with van der Waals surface area (Å²) in [4.78, 5) is 20.1. The fraction of sp³-hybridized carbons (Fsp3) is 0.571. The predicted octanol–water partition coefficient (Wildman–Crippen LogP) is 1.42. The van der Waals surface area contributed by atoms with Crippen molar-refractivity contribution in [3.63, 3.8) is 0 Å². The van der Waals surface area contributed by atoms with Gasteiger partial charge < -0.3 is 9.64 Å². The largest absolute Gasteiger partial charge is 0.469 e. The molecule has 2 rings (SSSR count). The van der Waals surface area contributed by atoms with E-state index < -0.39 is 0 Å². The van der Waals surface area contributed by atoms with Gasteiger partial charge in [0, 0.05) is 50.5 Å². The number of nitrogens with zero attached hydrogens (tertiary/aromatic N) is 3. The molecule has 6 heteroatoms. The number of pyridine rings is 1. The molecule has 5 nitrogen and oxygen atoms in total. The Hall–Kier alpha value is -1.17. The molecule has 1 saturated heterocycles. The van der Waals surface area contributed by atoms with E-state index in [0.717, 1.165) is 50.0 Å². The standard InChI is InChI=1S/C14H20ClN3O2/c1-20-14(19)3-5-17-6-8-18(9-7-17)11-13-10-12(15)2-4-16-13/h2,4,10H,3,5-9,11H2,1H3. The van der Waals surface area contributed by atoms with Crippen molar-refractivity contribution >= 4 is 17.6 Å². The van der Waals surface area contributed by atoms with E-state index in [0.29, 0.717) is 6.42 Å². The molecule has 0 unspecified atom stereocenters. The average Bonchev–Trinajstić information content (AvgIpc) is 2.46. The smallest absolute Gasteiger partial charge is 0.306 e. The van der Waals surface area contributed by atoms with Gasteiger partial charge in [0.1, 0.15) is 0 Å². The lowest BCUT2D eigenvalue weighted by Crippen LogP contribution is -2.46. The monoisotopic (exact) mass is 297 g/mol. The summed E-state index contributed by atoms with van der Waals surface area (Å²) in [6.07, 6.45) is 2.20. The maximum absolute atomic E-state index is 11.1. The molecule has 1 aromatic heterocycles. The summed E-state index contributed by atoms with van der Waals surface area (Å²) in [5.74, 6) is -0.143. The molecule has 1 fully saturated rings. The lowest BCUT2D eigenvalue weighted by Gasteiger charge is -2.34. The summed E-state index contributed by atoms with van der Waals surface area (Å²) < 4.78 is 4.66. The van der Waals surface area contributed by atoms with Gasteiger partial charge in [0.15, 0.2) is 0 Å². The van der Waals surface area contributed by atoms with Crippen molar-refractivity contribution in [3.8, 4) is 0 Å². The third-order valence-electron chi connectivity index (χ3n) is 3.49. The van der Waals surface area contributed by atoms with Crippen LogP contribution >= 0.6 is 11.6 Å². The molecule has 2 heterocycles. The van der Waals surface area contributed by atoms with Gasteiger partial charge in [-0.15, -0.1) is 0 Å². The molecule has 0 spiro atoms. The van der Waals surface area contributed by atoms with E-state index in [-0.39, 0.29) is 5.97 Å². The lowest BCUT2D eigenvalue weighted by molar-refractivity contribution is -0.141. The second-order valence-corrected chi connectivity index (χ2v) is 5.35. The van der Waals surface area contributed by atoms with Crippen LogP contribution in [0.5, 0.6) is 0 Å². The molecule has 0 saturated carbocycles. The van der Waals surface area contributed by atoms with E-state index in [4.69, 9.17) is 11.6 Å². The molecule has 0 amide bonds. The van der Waals surface area contributed by atoms with Crippen molar-refractivity contribution in [2.24, 2.45) is 0 Å². The van der Waals surface area contributed by atoms with Gasteiger partial charge in [0.2, 0.25) is 0 Å². The van der Waals surface area contributed by atoms with Crippen molar-refractivity contribution in [1.82, 2.24) is 14.8 Å². The summed E-state index contributed by atoms with van der Waals surface area (Å²) in [6, 6.07) is 3.70. The van der Waals surface area contributed by atoms with Crippen LogP contribution < -0.4 is 0 Å². The van der Waals surface area contributed by atoms with Crippen LogP contribution in [0.15, 0.2) is 18.3 Å². The van der Waals surface area contributed by atoms with Crippen LogP contribution in [0, 0.1) is 0 Å². The maximum atomic E-state index is 11.1. The van der Waals surface area contributed by atoms with E-state index in [9.17, 15) is 4.79 Å². The zero-order valence-electron chi connectivity index (χ0n) is 11.7. The fourth-order valence-electron chi connectivity index (χ4n) is 2.29. The zero-order chi connectivity index (χ0) is 14.4. The fourth-order valence-corrected chi connectivity index (χ4v) is 2.47. The molecule has 0 bridgehead atoms. The van der Waals surface area contributed by atoms with E-state index in [1.54, 1.807) is 12.3 Å². The molecule has 0 aliphatic carbocycles. The van der Waals surface area contributed by atoms with Crippen LogP contribution in [0.1, 0.15) is 12.1 Å². The van der Waals surface area contributed by atoms with Gasteiger partial charge in [-0.05, 0) is 12.1 Å². The van der Waals surface area contributed by atoms with Crippen molar-refractivity contribution in [1.29, 1.82) is 0 Å². The highest BCUT2D eigenvalue weighted by atomic mass is 35.5. The van der Waals surface area contributed by atoms with E-state index in [1.165, 1.54) is 7.11 Å². The number of ether oxygens (including phenoxy) is 1. The topological polar surface area (TPSA) is 45.7 Å². The summed E-state index contributed by atoms with van der Waals surface area (Å²) in [6.45, 7) is 5.50. The van der Waals surface area contributed by atoms with E-state index in [1.807, 2.05) is 6.07 Å². The number of methoxy groups -OCH3 is 1. The number of hydrogen-bond acceptors (Lipinski definition) is 5. The van der Waals surface area contributed by atoms with Crippen molar-refractivity contribution < 1.29 is 9.53 Å². The summed E-state index contributed by atoms with van der Waals surface area (Å²) in [5.41, 5.74) is 1.00. The number of hydrogen-bond donors (Lipinski definition) is 0. The summed E-state index contributed by atoms with van der Waals surface area (Å²) in [7, 11) is 1.43. The first-order chi connectivity index (χ1) is 9.67. The minimum absolute atomic E-state index is 0.143. The van der Waals surface area contributed by atoms with Crippen LogP contribution in [0.25, 0.3) is 0 Å². The van der Waals surface area contributed by atoms with Gasteiger partial charge in [-0.2, -0.15) is 0 Å². The SMILES string of the molecule is COC(=O)CCN1CCN(Cc2cc(Cl)ccn2)CC1. The van der Waals surface area contributed by atoms with Crippen molar-refractivity contribution in [3.05, 3.63) is 29.0 Å². The highest BCUT2D eigenvalue weighted by Crippen LogP contribution is 2.11. The average molecular weight is 298 g/mol. The number of rotatable bonds is 5. The van der Waals surface area contributed by atoms with Crippen molar-refractivity contribution in [2.45, 2.75) is 13.0 Å².